The van der Waals surface area contributed by atoms with Crippen LogP contribution >= 0.6 is 0 Å². The number of esters is 1. The van der Waals surface area contributed by atoms with E-state index in [0.717, 1.165) is 22.1 Å². The van der Waals surface area contributed by atoms with Crippen molar-refractivity contribution in [3.63, 3.8) is 0 Å². The number of fused-ring (bicyclic) bond motifs is 1. The van der Waals surface area contributed by atoms with Crippen LogP contribution in [0.2, 0.25) is 36.3 Å². The minimum atomic E-state index is -2.26. The Balaban J connectivity index is 3.02. The molecule has 0 saturated heterocycles. The van der Waals surface area contributed by atoms with E-state index >= 15 is 0 Å². The number of carbonyl (C=O) groups is 1. The van der Waals surface area contributed by atoms with Crippen molar-refractivity contribution >= 4 is 33.4 Å². The van der Waals surface area contributed by atoms with Gasteiger partial charge in [-0.25, -0.2) is 4.79 Å². The van der Waals surface area contributed by atoms with Crippen molar-refractivity contribution < 1.29 is 18.4 Å². The van der Waals surface area contributed by atoms with Crippen LogP contribution in [0.15, 0.2) is 36.9 Å². The smallest absolute Gasteiger partial charge is 0.342 e. The molecule has 0 amide bonds. The molecule has 0 heterocycles. The van der Waals surface area contributed by atoms with Gasteiger partial charge in [0, 0.05) is 16.3 Å². The molecule has 33 heavy (non-hydrogen) atoms. The highest BCUT2D eigenvalue weighted by atomic mass is 28.4. The molecule has 2 rings (SSSR count). The number of hydrogen-bond acceptors (Lipinski definition) is 4. The molecule has 0 saturated carbocycles. The number of ether oxygens (including phenoxy) is 1. The van der Waals surface area contributed by atoms with Gasteiger partial charge >= 0.3 is 5.97 Å². The average molecular weight is 487 g/mol. The summed E-state index contributed by atoms with van der Waals surface area (Å²) in [6, 6.07) is 8.06. The molecule has 0 spiro atoms. The summed E-state index contributed by atoms with van der Waals surface area (Å²) in [5.74, 6) is 0.940. The van der Waals surface area contributed by atoms with E-state index in [9.17, 15) is 4.79 Å². The van der Waals surface area contributed by atoms with Crippen LogP contribution in [0.5, 0.6) is 11.5 Å². The van der Waals surface area contributed by atoms with E-state index in [1.54, 1.807) is 0 Å². The lowest BCUT2D eigenvalue weighted by Crippen LogP contribution is -2.45. The van der Waals surface area contributed by atoms with Gasteiger partial charge in [-0.2, -0.15) is 0 Å². The molecule has 4 nitrogen and oxygen atoms in total. The van der Waals surface area contributed by atoms with E-state index in [-0.39, 0.29) is 10.1 Å². The van der Waals surface area contributed by atoms with E-state index in [0.29, 0.717) is 17.7 Å². The second-order valence-corrected chi connectivity index (χ2v) is 21.2. The molecular formula is C27H42O4Si2. The Kier molecular flexibility index (Phi) is 7.66. The Morgan fingerprint density at radius 1 is 0.879 bits per heavy atom. The van der Waals surface area contributed by atoms with Gasteiger partial charge < -0.3 is 13.6 Å². The maximum Gasteiger partial charge on any atom is 0.342 e. The van der Waals surface area contributed by atoms with Gasteiger partial charge in [-0.05, 0) is 42.7 Å². The fraction of sp³-hybridized carbons (Fsp3) is 0.519. The zero-order valence-corrected chi connectivity index (χ0v) is 24.4. The number of allylic oxidation sites excluding steroid dienone is 1. The summed E-state index contributed by atoms with van der Waals surface area (Å²) in [6.07, 6.45) is 2.29. The van der Waals surface area contributed by atoms with E-state index in [1.165, 1.54) is 7.11 Å². The van der Waals surface area contributed by atoms with Crippen molar-refractivity contribution in [2.45, 2.75) is 84.2 Å². The molecule has 0 radical (unpaired) electrons. The van der Waals surface area contributed by atoms with Crippen LogP contribution in [0.3, 0.4) is 0 Å². The highest BCUT2D eigenvalue weighted by molar-refractivity contribution is 6.75. The van der Waals surface area contributed by atoms with Gasteiger partial charge in [0.2, 0.25) is 0 Å². The lowest BCUT2D eigenvalue weighted by atomic mass is 9.95. The lowest BCUT2D eigenvalue weighted by molar-refractivity contribution is 0.0597. The normalized spacial score (nSPS) is 13.1. The van der Waals surface area contributed by atoms with Crippen molar-refractivity contribution in [3.05, 3.63) is 48.0 Å². The summed E-state index contributed by atoms with van der Waals surface area (Å²) in [4.78, 5) is 13.3. The molecule has 0 aliphatic rings. The van der Waals surface area contributed by atoms with Crippen LogP contribution in [0.25, 0.3) is 10.8 Å². The first-order valence-electron chi connectivity index (χ1n) is 11.6. The topological polar surface area (TPSA) is 44.8 Å². The van der Waals surface area contributed by atoms with Crippen molar-refractivity contribution in [1.82, 2.24) is 0 Å². The van der Waals surface area contributed by atoms with Crippen molar-refractivity contribution in [2.24, 2.45) is 0 Å². The monoisotopic (exact) mass is 486 g/mol. The van der Waals surface area contributed by atoms with E-state index in [1.807, 2.05) is 24.3 Å². The first kappa shape index (κ1) is 27.2. The molecule has 0 aliphatic heterocycles. The third kappa shape index (κ3) is 5.38. The summed E-state index contributed by atoms with van der Waals surface area (Å²) in [5.41, 5.74) is 1.24. The summed E-state index contributed by atoms with van der Waals surface area (Å²) in [6.45, 7) is 26.0. The predicted molar refractivity (Wildman–Crippen MR) is 145 cm³/mol. The Bertz CT molecular complexity index is 1040. The molecule has 6 heteroatoms. The van der Waals surface area contributed by atoms with Crippen LogP contribution in [0.4, 0.5) is 0 Å². The van der Waals surface area contributed by atoms with Crippen LogP contribution in [0.1, 0.15) is 57.5 Å². The molecule has 2 aromatic rings. The number of methoxy groups -OCH3 is 1. The summed E-state index contributed by atoms with van der Waals surface area (Å²) in [7, 11) is -3.05. The molecule has 2 aromatic carbocycles. The van der Waals surface area contributed by atoms with Crippen LogP contribution in [-0.2, 0) is 11.2 Å². The van der Waals surface area contributed by atoms with Crippen LogP contribution in [-0.4, -0.2) is 29.7 Å². The van der Waals surface area contributed by atoms with Crippen molar-refractivity contribution in [3.8, 4) is 11.5 Å². The Morgan fingerprint density at radius 2 is 1.30 bits per heavy atom. The molecular weight excluding hydrogens is 444 g/mol. The molecule has 0 unspecified atom stereocenters. The highest BCUT2D eigenvalue weighted by Crippen LogP contribution is 2.48. The summed E-state index contributed by atoms with van der Waals surface area (Å²) in [5, 5.41) is 1.81. The number of benzene rings is 2. The molecule has 0 aromatic heterocycles. The summed E-state index contributed by atoms with van der Waals surface area (Å²) < 4.78 is 19.0. The largest absolute Gasteiger partial charge is 0.543 e. The van der Waals surface area contributed by atoms with Crippen molar-refractivity contribution in [1.29, 1.82) is 0 Å². The number of carbonyl (C=O) groups excluding carboxylic acids is 1. The fourth-order valence-electron chi connectivity index (χ4n) is 3.12. The maximum absolute atomic E-state index is 13.3. The summed E-state index contributed by atoms with van der Waals surface area (Å²) >= 11 is 0. The van der Waals surface area contributed by atoms with Gasteiger partial charge in [-0.15, -0.1) is 6.58 Å². The van der Waals surface area contributed by atoms with E-state index in [2.05, 4.69) is 80.4 Å². The second-order valence-electron chi connectivity index (χ2n) is 11.8. The zero-order chi connectivity index (χ0) is 25.4. The predicted octanol–water partition coefficient (Wildman–Crippen LogP) is 8.12. The minimum Gasteiger partial charge on any atom is -0.543 e. The molecule has 0 bridgehead atoms. The molecule has 182 valence electrons. The van der Waals surface area contributed by atoms with Gasteiger partial charge in [-0.3, -0.25) is 0 Å². The van der Waals surface area contributed by atoms with E-state index in [4.69, 9.17) is 13.6 Å². The molecule has 0 N–H and O–H groups in total. The third-order valence-corrected chi connectivity index (χ3v) is 15.9. The van der Waals surface area contributed by atoms with Gasteiger partial charge in [0.05, 0.1) is 7.11 Å². The quantitative estimate of drug-likeness (QED) is 0.225. The highest BCUT2D eigenvalue weighted by Gasteiger charge is 2.43. The maximum atomic E-state index is 13.3. The lowest BCUT2D eigenvalue weighted by Gasteiger charge is -2.39. The molecule has 0 aliphatic carbocycles. The fourth-order valence-corrected chi connectivity index (χ4v) is 5.20. The van der Waals surface area contributed by atoms with Gasteiger partial charge in [0.15, 0.2) is 0 Å². The van der Waals surface area contributed by atoms with Gasteiger partial charge in [0.1, 0.15) is 17.1 Å². The Hall–Kier alpha value is -2.06. The first-order valence-corrected chi connectivity index (χ1v) is 17.4. The van der Waals surface area contributed by atoms with E-state index < -0.39 is 22.6 Å². The van der Waals surface area contributed by atoms with Gasteiger partial charge in [-0.1, -0.05) is 71.9 Å². The van der Waals surface area contributed by atoms with Crippen LogP contribution in [0, 0.1) is 0 Å². The first-order chi connectivity index (χ1) is 15.0. The number of hydrogen-bond donors (Lipinski definition) is 0. The SMILES string of the molecule is C=CCc1c(C(=O)OC)c(O[Si](C)(C)C(C)(C)C)c2ccccc2c1O[Si](C)(C)C(C)(C)C. The Morgan fingerprint density at radius 3 is 1.70 bits per heavy atom. The molecule has 0 fully saturated rings. The Labute approximate surface area is 202 Å². The third-order valence-electron chi connectivity index (χ3n) is 7.28. The number of rotatable bonds is 7. The average Bonchev–Trinajstić information content (AvgIpc) is 2.68. The second kappa shape index (κ2) is 9.30. The molecule has 0 atom stereocenters. The standard InChI is InChI=1S/C27H42O4Si2/c1-13-16-21-22(25(28)29-8)24(31-33(11,12)27(5,6)7)20-18-15-14-17-19(20)23(21)30-32(9,10)26(2,3)4/h13-15,17-18H,1,16H2,2-12H3. The van der Waals surface area contributed by atoms with Gasteiger partial charge in [0.25, 0.3) is 16.6 Å². The zero-order valence-electron chi connectivity index (χ0n) is 22.4. The van der Waals surface area contributed by atoms with Crippen molar-refractivity contribution in [2.75, 3.05) is 7.11 Å². The van der Waals surface area contributed by atoms with Crippen LogP contribution < -0.4 is 8.85 Å². The minimum absolute atomic E-state index is 0.00128.